The number of aliphatic hydroxyl groups excluding tert-OH is 1. The molecule has 1 heterocycles. The summed E-state index contributed by atoms with van der Waals surface area (Å²) in [6, 6.07) is 25.1. The molecule has 0 aliphatic carbocycles. The highest BCUT2D eigenvalue weighted by Gasteiger charge is 2.48. The Kier molecular flexibility index (Phi) is 7.38. The highest BCUT2D eigenvalue weighted by Crippen LogP contribution is 2.48. The van der Waals surface area contributed by atoms with Crippen molar-refractivity contribution < 1.29 is 33.7 Å². The number of hydrogen-bond acceptors (Lipinski definition) is 4. The van der Waals surface area contributed by atoms with Gasteiger partial charge in [0.15, 0.2) is 0 Å². The fourth-order valence-corrected chi connectivity index (χ4v) is 5.72. The smallest absolute Gasteiger partial charge is 0.356 e. The number of halogens is 1. The van der Waals surface area contributed by atoms with E-state index in [1.54, 1.807) is 24.3 Å². The fraction of sp³-hybridized carbons (Fsp3) is 0.167. The standard InChI is InChI=1S/C30H27FNO6P/c31-22-9-5-10-23(18-22)32-29(26(30(32)35)14-15-27(33)19-6-2-1-3-7-19)21-12-13-25(28(34)17-21)20-8-4-11-24(16-20)39(36,37)38/h1-13,16-18,26-27,29,33-34H,14-15H2,(H2,36,37,38). The second-order valence-electron chi connectivity index (χ2n) is 9.61. The van der Waals surface area contributed by atoms with Crippen LogP contribution in [0.1, 0.15) is 36.1 Å². The molecule has 4 aromatic carbocycles. The van der Waals surface area contributed by atoms with Crippen molar-refractivity contribution >= 4 is 24.5 Å². The van der Waals surface area contributed by atoms with Gasteiger partial charge < -0.3 is 24.9 Å². The average molecular weight is 548 g/mol. The summed E-state index contributed by atoms with van der Waals surface area (Å²) in [4.78, 5) is 33.8. The molecule has 0 bridgehead atoms. The zero-order chi connectivity index (χ0) is 27.7. The Bertz CT molecular complexity index is 1560. The van der Waals surface area contributed by atoms with Gasteiger partial charge in [-0.3, -0.25) is 9.36 Å². The van der Waals surface area contributed by atoms with Crippen LogP contribution in [0.15, 0.2) is 97.1 Å². The first-order valence-electron chi connectivity index (χ1n) is 12.4. The van der Waals surface area contributed by atoms with Crippen LogP contribution in [-0.2, 0) is 9.36 Å². The summed E-state index contributed by atoms with van der Waals surface area (Å²) >= 11 is 0. The summed E-state index contributed by atoms with van der Waals surface area (Å²) in [7, 11) is -4.48. The maximum Gasteiger partial charge on any atom is 0.356 e. The van der Waals surface area contributed by atoms with Gasteiger partial charge in [0.05, 0.1) is 23.4 Å². The molecule has 3 unspecified atom stereocenters. The summed E-state index contributed by atoms with van der Waals surface area (Å²) in [5.74, 6) is -1.32. The lowest BCUT2D eigenvalue weighted by molar-refractivity contribution is -0.131. The summed E-state index contributed by atoms with van der Waals surface area (Å²) in [5.41, 5.74) is 2.55. The number of carbonyl (C=O) groups is 1. The molecule has 3 atom stereocenters. The molecule has 1 aliphatic heterocycles. The van der Waals surface area contributed by atoms with Gasteiger partial charge in [0, 0.05) is 11.3 Å². The third-order valence-corrected chi connectivity index (χ3v) is 8.04. The molecule has 39 heavy (non-hydrogen) atoms. The topological polar surface area (TPSA) is 118 Å². The molecular formula is C30H27FNO6P. The number of carbonyl (C=O) groups excluding carboxylic acids is 1. The van der Waals surface area contributed by atoms with Crippen LogP contribution in [0.5, 0.6) is 5.75 Å². The number of phenols is 1. The van der Waals surface area contributed by atoms with Crippen molar-refractivity contribution in [3.05, 3.63) is 114 Å². The first kappa shape index (κ1) is 26.8. The molecule has 200 valence electrons. The Labute approximate surface area is 225 Å². The van der Waals surface area contributed by atoms with E-state index >= 15 is 0 Å². The van der Waals surface area contributed by atoms with Gasteiger partial charge in [0.1, 0.15) is 11.6 Å². The Morgan fingerprint density at radius 2 is 1.64 bits per heavy atom. The Morgan fingerprint density at radius 3 is 2.33 bits per heavy atom. The van der Waals surface area contributed by atoms with Crippen molar-refractivity contribution in [3.8, 4) is 16.9 Å². The SMILES string of the molecule is O=C1C(CCC(O)c2ccccc2)C(c2ccc(-c3cccc(P(=O)(O)O)c3)c(O)c2)N1c1cccc(F)c1. The molecule has 0 aromatic heterocycles. The van der Waals surface area contributed by atoms with Gasteiger partial charge in [-0.2, -0.15) is 0 Å². The van der Waals surface area contributed by atoms with Crippen LogP contribution in [-0.4, -0.2) is 25.9 Å². The van der Waals surface area contributed by atoms with E-state index in [4.69, 9.17) is 0 Å². The van der Waals surface area contributed by atoms with Crippen molar-refractivity contribution in [1.82, 2.24) is 0 Å². The van der Waals surface area contributed by atoms with Crippen molar-refractivity contribution in [3.63, 3.8) is 0 Å². The highest BCUT2D eigenvalue weighted by molar-refractivity contribution is 7.60. The molecule has 1 fully saturated rings. The van der Waals surface area contributed by atoms with Crippen LogP contribution in [0.3, 0.4) is 0 Å². The normalized spacial score (nSPS) is 18.1. The molecule has 0 saturated carbocycles. The third-order valence-electron chi connectivity index (χ3n) is 7.09. The van der Waals surface area contributed by atoms with E-state index in [2.05, 4.69) is 0 Å². The molecule has 5 rings (SSSR count). The van der Waals surface area contributed by atoms with Crippen molar-refractivity contribution in [1.29, 1.82) is 0 Å². The fourth-order valence-electron chi connectivity index (χ4n) is 5.14. The van der Waals surface area contributed by atoms with E-state index in [0.717, 1.165) is 5.56 Å². The second-order valence-corrected chi connectivity index (χ2v) is 11.2. The Balaban J connectivity index is 1.46. The molecule has 4 aromatic rings. The van der Waals surface area contributed by atoms with E-state index in [1.807, 2.05) is 30.3 Å². The monoisotopic (exact) mass is 547 g/mol. The molecule has 0 spiro atoms. The molecule has 7 nitrogen and oxygen atoms in total. The number of hydrogen-bond donors (Lipinski definition) is 4. The number of benzene rings is 4. The largest absolute Gasteiger partial charge is 0.507 e. The first-order chi connectivity index (χ1) is 18.6. The van der Waals surface area contributed by atoms with Gasteiger partial charge >= 0.3 is 7.60 Å². The third kappa shape index (κ3) is 5.51. The van der Waals surface area contributed by atoms with Crippen LogP contribution in [0, 0.1) is 11.7 Å². The minimum Gasteiger partial charge on any atom is -0.507 e. The van der Waals surface area contributed by atoms with E-state index < -0.39 is 31.5 Å². The summed E-state index contributed by atoms with van der Waals surface area (Å²) < 4.78 is 25.7. The number of aromatic hydroxyl groups is 1. The number of phenolic OH excluding ortho intramolecular Hbond substituents is 1. The van der Waals surface area contributed by atoms with E-state index in [0.29, 0.717) is 35.2 Å². The van der Waals surface area contributed by atoms with Gasteiger partial charge in [-0.1, -0.05) is 60.7 Å². The maximum atomic E-state index is 14.0. The number of anilines is 1. The number of amides is 1. The number of nitrogens with zero attached hydrogens (tertiary/aromatic N) is 1. The lowest BCUT2D eigenvalue weighted by Gasteiger charge is -2.48. The van der Waals surface area contributed by atoms with Crippen LogP contribution in [0.25, 0.3) is 11.1 Å². The van der Waals surface area contributed by atoms with E-state index in [-0.39, 0.29) is 17.0 Å². The molecule has 9 heteroatoms. The highest BCUT2D eigenvalue weighted by atomic mass is 31.2. The summed E-state index contributed by atoms with van der Waals surface area (Å²) in [5, 5.41) is 21.4. The van der Waals surface area contributed by atoms with Crippen molar-refractivity contribution in [2.75, 3.05) is 4.90 Å². The Morgan fingerprint density at radius 1 is 0.897 bits per heavy atom. The number of aliphatic hydroxyl groups is 1. The second kappa shape index (κ2) is 10.8. The van der Waals surface area contributed by atoms with Crippen LogP contribution in [0.4, 0.5) is 10.1 Å². The van der Waals surface area contributed by atoms with Gasteiger partial charge in [0.25, 0.3) is 0 Å². The summed E-state index contributed by atoms with van der Waals surface area (Å²) in [6.45, 7) is 0. The predicted octanol–water partition coefficient (Wildman–Crippen LogP) is 5.22. The molecule has 1 amide bonds. The summed E-state index contributed by atoms with van der Waals surface area (Å²) in [6.07, 6.45) is -0.0364. The van der Waals surface area contributed by atoms with Crippen LogP contribution < -0.4 is 10.2 Å². The van der Waals surface area contributed by atoms with Crippen LogP contribution in [0.2, 0.25) is 0 Å². The first-order valence-corrected chi connectivity index (χ1v) is 14.1. The molecule has 0 radical (unpaired) electrons. The quantitative estimate of drug-likeness (QED) is 0.178. The van der Waals surface area contributed by atoms with Crippen molar-refractivity contribution in [2.24, 2.45) is 5.92 Å². The Hall–Kier alpha value is -3.81. The molecule has 1 aliphatic rings. The minimum atomic E-state index is -4.48. The minimum absolute atomic E-state index is 0.128. The van der Waals surface area contributed by atoms with E-state index in [1.165, 1.54) is 47.4 Å². The van der Waals surface area contributed by atoms with Gasteiger partial charge in [-0.05, 0) is 65.9 Å². The van der Waals surface area contributed by atoms with Crippen molar-refractivity contribution in [2.45, 2.75) is 25.0 Å². The van der Waals surface area contributed by atoms with Gasteiger partial charge in [-0.15, -0.1) is 0 Å². The van der Waals surface area contributed by atoms with E-state index in [9.17, 15) is 33.7 Å². The van der Waals surface area contributed by atoms with Gasteiger partial charge in [0.2, 0.25) is 5.91 Å². The maximum absolute atomic E-state index is 14.0. The molecular weight excluding hydrogens is 520 g/mol. The van der Waals surface area contributed by atoms with Crippen LogP contribution >= 0.6 is 7.60 Å². The lowest BCUT2D eigenvalue weighted by atomic mass is 9.78. The lowest BCUT2D eigenvalue weighted by Crippen LogP contribution is -2.55. The average Bonchev–Trinajstić information content (AvgIpc) is 2.91. The number of rotatable bonds is 8. The predicted molar refractivity (Wildman–Crippen MR) is 146 cm³/mol. The number of β-lactam (4-membered cyclic amide) rings is 1. The zero-order valence-corrected chi connectivity index (χ0v) is 21.7. The molecule has 4 N–H and O–H groups in total. The molecule has 1 saturated heterocycles. The van der Waals surface area contributed by atoms with Gasteiger partial charge in [-0.25, -0.2) is 4.39 Å². The zero-order valence-electron chi connectivity index (χ0n) is 20.8.